The molecule has 0 bridgehead atoms. The molecule has 3 nitrogen and oxygen atoms in total. The summed E-state index contributed by atoms with van der Waals surface area (Å²) in [7, 11) is 7.08. The number of esters is 1. The van der Waals surface area contributed by atoms with Crippen molar-refractivity contribution in [1.29, 1.82) is 0 Å². The Morgan fingerprint density at radius 2 is 2.27 bits per heavy atom. The van der Waals surface area contributed by atoms with Crippen molar-refractivity contribution in [2.45, 2.75) is 0 Å². The number of nitrogens with zero attached hydrogens (tertiary/aromatic N) is 1. The second-order valence-corrected chi connectivity index (χ2v) is 3.13. The van der Waals surface area contributed by atoms with E-state index >= 15 is 0 Å². The summed E-state index contributed by atoms with van der Waals surface area (Å²) in [6, 6.07) is 7.16. The molecule has 1 aromatic carbocycles. The molecule has 0 N–H and O–H groups in total. The Morgan fingerprint density at radius 1 is 1.47 bits per heavy atom. The summed E-state index contributed by atoms with van der Waals surface area (Å²) < 4.78 is 4.61. The number of benzene rings is 1. The minimum absolute atomic E-state index is 0.396. The van der Waals surface area contributed by atoms with Crippen LogP contribution in [-0.2, 0) is 4.74 Å². The number of rotatable bonds is 1. The fourth-order valence-corrected chi connectivity index (χ4v) is 1.41. The van der Waals surface area contributed by atoms with E-state index in [1.165, 1.54) is 13.3 Å². The van der Waals surface area contributed by atoms with Gasteiger partial charge in [0.2, 0.25) is 0 Å². The standard InChI is InChI=1S/C11H8BNO2/c1-15-11(14)8-5-7-3-2-4-9(12)10(7)13-6-8/h2-6H,1H3. The van der Waals surface area contributed by atoms with Gasteiger partial charge in [0.05, 0.1) is 18.2 Å². The zero-order valence-electron chi connectivity index (χ0n) is 8.23. The number of hydrogen-bond donors (Lipinski definition) is 0. The van der Waals surface area contributed by atoms with Crippen LogP contribution < -0.4 is 5.46 Å². The maximum atomic E-state index is 11.2. The zero-order chi connectivity index (χ0) is 10.8. The van der Waals surface area contributed by atoms with E-state index < -0.39 is 5.97 Å². The van der Waals surface area contributed by atoms with Crippen molar-refractivity contribution in [3.8, 4) is 0 Å². The molecule has 4 heteroatoms. The van der Waals surface area contributed by atoms with Crippen LogP contribution in [0.5, 0.6) is 0 Å². The van der Waals surface area contributed by atoms with E-state index in [1.54, 1.807) is 12.1 Å². The fourth-order valence-electron chi connectivity index (χ4n) is 1.41. The third kappa shape index (κ3) is 1.70. The largest absolute Gasteiger partial charge is 0.465 e. The highest BCUT2D eigenvalue weighted by molar-refractivity contribution is 6.38. The number of hydrogen-bond acceptors (Lipinski definition) is 3. The van der Waals surface area contributed by atoms with Crippen LogP contribution in [-0.4, -0.2) is 25.9 Å². The first-order valence-corrected chi connectivity index (χ1v) is 4.45. The normalized spacial score (nSPS) is 10.2. The van der Waals surface area contributed by atoms with E-state index in [0.29, 0.717) is 16.5 Å². The van der Waals surface area contributed by atoms with Crippen LogP contribution >= 0.6 is 0 Å². The van der Waals surface area contributed by atoms with Gasteiger partial charge in [-0.25, -0.2) is 4.79 Å². The lowest BCUT2D eigenvalue weighted by Crippen LogP contribution is -2.07. The van der Waals surface area contributed by atoms with Crippen LogP contribution in [0.25, 0.3) is 10.9 Å². The number of carbonyl (C=O) groups excluding carboxylic acids is 1. The molecule has 72 valence electrons. The van der Waals surface area contributed by atoms with Gasteiger partial charge >= 0.3 is 5.97 Å². The minimum atomic E-state index is -0.396. The molecule has 0 saturated heterocycles. The van der Waals surface area contributed by atoms with E-state index in [2.05, 4.69) is 9.72 Å². The monoisotopic (exact) mass is 197 g/mol. The second kappa shape index (κ2) is 3.73. The van der Waals surface area contributed by atoms with Gasteiger partial charge in [0.25, 0.3) is 0 Å². The van der Waals surface area contributed by atoms with E-state index in [4.69, 9.17) is 7.85 Å². The molecule has 1 heterocycles. The Balaban J connectivity index is 2.62. The Hall–Kier alpha value is -1.84. The van der Waals surface area contributed by atoms with Crippen molar-refractivity contribution >= 4 is 30.2 Å². The summed E-state index contributed by atoms with van der Waals surface area (Å²) in [5, 5.41) is 0.831. The number of pyridine rings is 1. The van der Waals surface area contributed by atoms with Crippen LogP contribution in [0.3, 0.4) is 0 Å². The summed E-state index contributed by atoms with van der Waals surface area (Å²) in [5.41, 5.74) is 1.73. The number of fused-ring (bicyclic) bond motifs is 1. The number of carbonyl (C=O) groups is 1. The quantitative estimate of drug-likeness (QED) is 0.501. The lowest BCUT2D eigenvalue weighted by molar-refractivity contribution is 0.0600. The Morgan fingerprint density at radius 3 is 3.00 bits per heavy atom. The van der Waals surface area contributed by atoms with Crippen LogP contribution in [0, 0.1) is 0 Å². The summed E-state index contributed by atoms with van der Waals surface area (Å²) >= 11 is 0. The van der Waals surface area contributed by atoms with Gasteiger partial charge in [0, 0.05) is 11.6 Å². The molecule has 1 aromatic heterocycles. The molecule has 2 radical (unpaired) electrons. The third-order valence-electron chi connectivity index (χ3n) is 2.16. The summed E-state index contributed by atoms with van der Waals surface area (Å²) in [6.45, 7) is 0. The molecule has 2 aromatic rings. The highest BCUT2D eigenvalue weighted by atomic mass is 16.5. The van der Waals surface area contributed by atoms with Gasteiger partial charge in [-0.15, -0.1) is 0 Å². The first kappa shape index (κ1) is 9.71. The lowest BCUT2D eigenvalue weighted by Gasteiger charge is -2.03. The van der Waals surface area contributed by atoms with Gasteiger partial charge in [0.1, 0.15) is 7.85 Å². The molecule has 15 heavy (non-hydrogen) atoms. The van der Waals surface area contributed by atoms with Crippen molar-refractivity contribution in [3.05, 3.63) is 36.0 Å². The van der Waals surface area contributed by atoms with E-state index in [9.17, 15) is 4.79 Å². The number of para-hydroxylation sites is 1. The maximum absolute atomic E-state index is 11.2. The number of methoxy groups -OCH3 is 1. The zero-order valence-corrected chi connectivity index (χ0v) is 8.23. The molecule has 0 aliphatic heterocycles. The average molecular weight is 197 g/mol. The number of aromatic nitrogens is 1. The predicted molar refractivity (Wildman–Crippen MR) is 58.5 cm³/mol. The molecular formula is C11H8BNO2. The molecule has 2 rings (SSSR count). The van der Waals surface area contributed by atoms with Crippen molar-refractivity contribution in [2.75, 3.05) is 7.11 Å². The Labute approximate surface area is 88.5 Å². The number of ether oxygens (including phenoxy) is 1. The second-order valence-electron chi connectivity index (χ2n) is 3.13. The van der Waals surface area contributed by atoms with Crippen molar-refractivity contribution in [1.82, 2.24) is 4.98 Å². The first-order chi connectivity index (χ1) is 7.22. The summed E-state index contributed by atoms with van der Waals surface area (Å²) in [4.78, 5) is 15.4. The predicted octanol–water partition coefficient (Wildman–Crippen LogP) is 0.815. The van der Waals surface area contributed by atoms with Crippen LogP contribution in [0.2, 0.25) is 0 Å². The van der Waals surface area contributed by atoms with E-state index in [-0.39, 0.29) is 0 Å². The van der Waals surface area contributed by atoms with Gasteiger partial charge < -0.3 is 4.74 Å². The summed E-state index contributed by atoms with van der Waals surface area (Å²) in [5.74, 6) is -0.396. The van der Waals surface area contributed by atoms with Crippen molar-refractivity contribution in [3.63, 3.8) is 0 Å². The molecule has 0 fully saturated rings. The fraction of sp³-hybridized carbons (Fsp3) is 0.0909. The molecule has 0 spiro atoms. The third-order valence-corrected chi connectivity index (χ3v) is 2.16. The Kier molecular flexibility index (Phi) is 2.41. The minimum Gasteiger partial charge on any atom is -0.465 e. The van der Waals surface area contributed by atoms with Gasteiger partial charge in [0.15, 0.2) is 0 Å². The molecule has 0 amide bonds. The van der Waals surface area contributed by atoms with Crippen LogP contribution in [0.1, 0.15) is 10.4 Å². The molecule has 0 atom stereocenters. The SMILES string of the molecule is [B]c1cccc2cc(C(=O)OC)cnc12. The molecule has 0 saturated carbocycles. The van der Waals surface area contributed by atoms with Crippen LogP contribution in [0.15, 0.2) is 30.5 Å². The van der Waals surface area contributed by atoms with Gasteiger partial charge in [-0.3, -0.25) is 4.98 Å². The van der Waals surface area contributed by atoms with Gasteiger partial charge in [-0.1, -0.05) is 23.7 Å². The van der Waals surface area contributed by atoms with Gasteiger partial charge in [-0.2, -0.15) is 0 Å². The highest BCUT2D eigenvalue weighted by Crippen LogP contribution is 2.11. The van der Waals surface area contributed by atoms with E-state index in [1.807, 2.05) is 12.1 Å². The molecular weight excluding hydrogens is 189 g/mol. The van der Waals surface area contributed by atoms with Crippen molar-refractivity contribution in [2.24, 2.45) is 0 Å². The topological polar surface area (TPSA) is 39.2 Å². The average Bonchev–Trinajstić information content (AvgIpc) is 2.28. The molecule has 0 aliphatic rings. The highest BCUT2D eigenvalue weighted by Gasteiger charge is 2.07. The maximum Gasteiger partial charge on any atom is 0.339 e. The summed E-state index contributed by atoms with van der Waals surface area (Å²) in [6.07, 6.45) is 1.46. The molecule has 0 unspecified atom stereocenters. The van der Waals surface area contributed by atoms with Crippen LogP contribution in [0.4, 0.5) is 0 Å². The van der Waals surface area contributed by atoms with Gasteiger partial charge in [-0.05, 0) is 6.07 Å². The van der Waals surface area contributed by atoms with Crippen molar-refractivity contribution < 1.29 is 9.53 Å². The Bertz CT molecular complexity index is 525. The first-order valence-electron chi connectivity index (χ1n) is 4.45. The lowest BCUT2D eigenvalue weighted by atomic mass is 9.93. The molecule has 0 aliphatic carbocycles. The smallest absolute Gasteiger partial charge is 0.339 e. The van der Waals surface area contributed by atoms with E-state index in [0.717, 1.165) is 5.39 Å².